The second-order valence-corrected chi connectivity index (χ2v) is 11.1. The van der Waals surface area contributed by atoms with Crippen molar-refractivity contribution in [3.05, 3.63) is 59.3 Å². The van der Waals surface area contributed by atoms with Gasteiger partial charge in [0.25, 0.3) is 0 Å². The van der Waals surface area contributed by atoms with Gasteiger partial charge in [0.05, 0.1) is 12.6 Å². The van der Waals surface area contributed by atoms with E-state index >= 15 is 0 Å². The topological polar surface area (TPSA) is 107 Å². The molecule has 2 aromatic carbocycles. The Bertz CT molecular complexity index is 1380. The number of carbonyl (C=O) groups excluding carboxylic acids is 2. The van der Waals surface area contributed by atoms with Gasteiger partial charge in [-0.15, -0.1) is 0 Å². The minimum atomic E-state index is -0.467. The fourth-order valence-corrected chi connectivity index (χ4v) is 6.24. The van der Waals surface area contributed by atoms with E-state index in [2.05, 4.69) is 16.4 Å². The Balaban J connectivity index is 1.34. The summed E-state index contributed by atoms with van der Waals surface area (Å²) in [5.74, 6) is 1.15. The molecule has 3 aliphatic rings. The van der Waals surface area contributed by atoms with Gasteiger partial charge in [-0.1, -0.05) is 31.2 Å². The quantitative estimate of drug-likeness (QED) is 0.448. The van der Waals surface area contributed by atoms with Crippen molar-refractivity contribution in [1.82, 2.24) is 20.0 Å². The van der Waals surface area contributed by atoms with E-state index in [0.717, 1.165) is 53.7 Å². The lowest BCUT2D eigenvalue weighted by Crippen LogP contribution is -2.49. The van der Waals surface area contributed by atoms with Gasteiger partial charge in [0.15, 0.2) is 11.5 Å². The zero-order valence-corrected chi connectivity index (χ0v) is 22.5. The molecular weight excluding hydrogens is 495 g/mol. The highest BCUT2D eigenvalue weighted by Crippen LogP contribution is 2.38. The van der Waals surface area contributed by atoms with Crippen LogP contribution in [0.15, 0.2) is 42.5 Å². The highest BCUT2D eigenvalue weighted by Gasteiger charge is 2.33. The van der Waals surface area contributed by atoms with Gasteiger partial charge in [-0.25, -0.2) is 0 Å². The third-order valence-electron chi connectivity index (χ3n) is 8.40. The van der Waals surface area contributed by atoms with Crippen molar-refractivity contribution < 1.29 is 24.1 Å². The molecule has 1 aromatic heterocycles. The maximum absolute atomic E-state index is 13.8. The molecule has 0 saturated carbocycles. The van der Waals surface area contributed by atoms with Gasteiger partial charge in [-0.3, -0.25) is 9.59 Å². The fraction of sp³-hybridized carbons (Fsp3) is 0.448. The lowest BCUT2D eigenvalue weighted by Gasteiger charge is -2.36. The fourth-order valence-electron chi connectivity index (χ4n) is 6.24. The summed E-state index contributed by atoms with van der Waals surface area (Å²) in [4.78, 5) is 34.7. The molecule has 9 nitrogen and oxygen atoms in total. The normalized spacial score (nSPS) is 22.6. The van der Waals surface area contributed by atoms with Crippen LogP contribution in [0, 0.1) is 11.8 Å². The molecule has 39 heavy (non-hydrogen) atoms. The molecule has 6 rings (SSSR count). The minimum Gasteiger partial charge on any atom is -0.454 e. The van der Waals surface area contributed by atoms with Crippen LogP contribution in [-0.4, -0.2) is 71.6 Å². The van der Waals surface area contributed by atoms with Crippen molar-refractivity contribution in [3.8, 4) is 11.5 Å². The molecule has 1 fully saturated rings. The van der Waals surface area contributed by atoms with E-state index in [1.165, 1.54) is 0 Å². The number of nitrogens with zero attached hydrogens (tertiary/aromatic N) is 2. The number of hydrogen-bond acceptors (Lipinski definition) is 6. The number of nitrogens with one attached hydrogen (secondary N) is 2. The molecule has 0 bridgehead atoms. The van der Waals surface area contributed by atoms with Crippen molar-refractivity contribution in [3.63, 3.8) is 0 Å². The van der Waals surface area contributed by atoms with Gasteiger partial charge in [0.1, 0.15) is 0 Å². The summed E-state index contributed by atoms with van der Waals surface area (Å²) in [7, 11) is -0.467. The molecule has 0 aliphatic carbocycles. The summed E-state index contributed by atoms with van der Waals surface area (Å²) < 4.78 is 11.2. The number of ether oxygens (including phenoxy) is 2. The molecule has 3 aliphatic heterocycles. The SMILES string of the molecule is CB(O)N1CCC(CN2CC(=O)N[C@H](c3ccc4c(c3)OCO4)c3[nH]c4ccccc4c3CC(C)C2=O)CC1. The average Bonchev–Trinajstić information content (AvgIpc) is 3.55. The van der Waals surface area contributed by atoms with Crippen LogP contribution in [-0.2, 0) is 16.0 Å². The Kier molecular flexibility index (Phi) is 6.99. The summed E-state index contributed by atoms with van der Waals surface area (Å²) in [6.45, 7) is 6.06. The second-order valence-electron chi connectivity index (χ2n) is 11.1. The smallest absolute Gasteiger partial charge is 0.376 e. The monoisotopic (exact) mass is 530 g/mol. The van der Waals surface area contributed by atoms with Crippen LogP contribution in [0.3, 0.4) is 0 Å². The first kappa shape index (κ1) is 25.8. The second kappa shape index (κ2) is 10.6. The number of para-hydroxylation sites is 1. The third-order valence-corrected chi connectivity index (χ3v) is 8.40. The molecule has 4 heterocycles. The van der Waals surface area contributed by atoms with Gasteiger partial charge in [0.2, 0.25) is 18.6 Å². The van der Waals surface area contributed by atoms with Crippen molar-refractivity contribution in [2.75, 3.05) is 33.0 Å². The average molecular weight is 530 g/mol. The molecule has 0 spiro atoms. The van der Waals surface area contributed by atoms with Crippen LogP contribution in [0.25, 0.3) is 10.9 Å². The van der Waals surface area contributed by atoms with Crippen LogP contribution >= 0.6 is 0 Å². The summed E-state index contributed by atoms with van der Waals surface area (Å²) >= 11 is 0. The van der Waals surface area contributed by atoms with Gasteiger partial charge < -0.3 is 34.5 Å². The summed E-state index contributed by atoms with van der Waals surface area (Å²) in [5.41, 5.74) is 3.80. The molecule has 3 N–H and O–H groups in total. The number of aromatic nitrogens is 1. The molecule has 204 valence electrons. The zero-order valence-electron chi connectivity index (χ0n) is 22.5. The van der Waals surface area contributed by atoms with Crippen LogP contribution in [0.4, 0.5) is 0 Å². The van der Waals surface area contributed by atoms with Crippen molar-refractivity contribution in [2.24, 2.45) is 11.8 Å². The minimum absolute atomic E-state index is 0.000802. The van der Waals surface area contributed by atoms with Crippen molar-refractivity contribution in [1.29, 1.82) is 0 Å². The van der Waals surface area contributed by atoms with Crippen LogP contribution in [0.2, 0.25) is 6.82 Å². The van der Waals surface area contributed by atoms with Gasteiger partial charge >= 0.3 is 7.05 Å². The van der Waals surface area contributed by atoms with E-state index in [0.29, 0.717) is 30.4 Å². The molecule has 1 saturated heterocycles. The highest BCUT2D eigenvalue weighted by molar-refractivity contribution is 6.45. The first-order valence-corrected chi connectivity index (χ1v) is 13.9. The van der Waals surface area contributed by atoms with Gasteiger partial charge in [0, 0.05) is 29.1 Å². The number of aromatic amines is 1. The zero-order chi connectivity index (χ0) is 27.1. The van der Waals surface area contributed by atoms with E-state index in [-0.39, 0.29) is 31.1 Å². The maximum atomic E-state index is 13.8. The number of rotatable bonds is 4. The van der Waals surface area contributed by atoms with Crippen LogP contribution < -0.4 is 14.8 Å². The third kappa shape index (κ3) is 5.11. The molecule has 10 heteroatoms. The number of fused-ring (bicyclic) bond motifs is 4. The lowest BCUT2D eigenvalue weighted by atomic mass is 9.81. The number of amides is 2. The number of piperidine rings is 1. The van der Waals surface area contributed by atoms with E-state index in [4.69, 9.17) is 9.47 Å². The molecule has 1 unspecified atom stereocenters. The van der Waals surface area contributed by atoms with E-state index in [9.17, 15) is 14.6 Å². The Hall–Kier alpha value is -3.50. The van der Waals surface area contributed by atoms with Crippen LogP contribution in [0.5, 0.6) is 11.5 Å². The predicted octanol–water partition coefficient (Wildman–Crippen LogP) is 2.95. The van der Waals surface area contributed by atoms with E-state index in [1.54, 1.807) is 11.7 Å². The summed E-state index contributed by atoms with van der Waals surface area (Å²) in [5, 5.41) is 14.2. The largest absolute Gasteiger partial charge is 0.454 e. The number of carbonyl (C=O) groups is 2. The van der Waals surface area contributed by atoms with Crippen molar-refractivity contribution >= 4 is 29.8 Å². The van der Waals surface area contributed by atoms with Gasteiger partial charge in [-0.05, 0) is 74.4 Å². The Morgan fingerprint density at radius 3 is 2.64 bits per heavy atom. The van der Waals surface area contributed by atoms with E-state index in [1.807, 2.05) is 48.1 Å². The molecule has 2 amide bonds. The molecule has 2 atom stereocenters. The predicted molar refractivity (Wildman–Crippen MR) is 148 cm³/mol. The summed E-state index contributed by atoms with van der Waals surface area (Å²) in [6.07, 6.45) is 2.33. The molecule has 0 radical (unpaired) electrons. The maximum Gasteiger partial charge on any atom is 0.376 e. The molecule has 3 aromatic rings. The first-order chi connectivity index (χ1) is 18.9. The van der Waals surface area contributed by atoms with Crippen molar-refractivity contribution in [2.45, 2.75) is 39.1 Å². The Labute approximate surface area is 228 Å². The standard InChI is InChI=1S/C29H35BN4O5/c1-18-13-22-21-5-3-4-6-23(21)31-28(22)27(20-7-8-24-25(14-20)39-17-38-24)32-26(35)16-33(29(18)36)15-19-9-11-34(12-10-19)30(2)37/h3-8,14,18-19,27,31,37H,9-13,15-17H2,1-2H3,(H,32,35)/t18?,27-/m1/s1. The number of H-pyrrole nitrogens is 1. The lowest BCUT2D eigenvalue weighted by molar-refractivity contribution is -0.140. The number of hydrogen-bond donors (Lipinski definition) is 3. The Morgan fingerprint density at radius 1 is 1.08 bits per heavy atom. The van der Waals surface area contributed by atoms with Gasteiger partial charge in [-0.2, -0.15) is 0 Å². The van der Waals surface area contributed by atoms with E-state index < -0.39 is 13.1 Å². The Morgan fingerprint density at radius 2 is 1.85 bits per heavy atom. The number of benzene rings is 2. The highest BCUT2D eigenvalue weighted by atomic mass is 16.7. The summed E-state index contributed by atoms with van der Waals surface area (Å²) in [6, 6.07) is 13.4. The molecular formula is C29H35BN4O5. The first-order valence-electron chi connectivity index (χ1n) is 13.9. The van der Waals surface area contributed by atoms with Crippen LogP contribution in [0.1, 0.15) is 42.6 Å².